The highest BCUT2D eigenvalue weighted by Crippen LogP contribution is 2.28. The van der Waals surface area contributed by atoms with Gasteiger partial charge < -0.3 is 19.5 Å². The average molecular weight is 378 g/mol. The highest BCUT2D eigenvalue weighted by atomic mass is 35.5. The summed E-state index contributed by atoms with van der Waals surface area (Å²) < 4.78 is 16.3. The summed E-state index contributed by atoms with van der Waals surface area (Å²) in [6.45, 7) is 3.18. The normalized spacial score (nSPS) is 10.5. The fourth-order valence-corrected chi connectivity index (χ4v) is 2.61. The van der Waals surface area contributed by atoms with Gasteiger partial charge in [-0.2, -0.15) is 0 Å². The summed E-state index contributed by atoms with van der Waals surface area (Å²) in [5, 5.41) is 3.34. The molecule has 2 aromatic carbocycles. The molecule has 140 valence electrons. The number of carbonyl (C=O) groups excluding carboxylic acids is 1. The van der Waals surface area contributed by atoms with Gasteiger partial charge in [0.1, 0.15) is 11.5 Å². The third-order valence-corrected chi connectivity index (χ3v) is 4.09. The number of anilines is 1. The average Bonchev–Trinajstić information content (AvgIpc) is 2.65. The van der Waals surface area contributed by atoms with E-state index in [1.165, 1.54) is 7.11 Å². The van der Waals surface area contributed by atoms with Gasteiger partial charge in [-0.1, -0.05) is 24.9 Å². The molecule has 1 amide bonds. The van der Waals surface area contributed by atoms with Crippen LogP contribution in [0.15, 0.2) is 36.4 Å². The van der Waals surface area contributed by atoms with Crippen LogP contribution >= 0.6 is 11.6 Å². The first-order valence-corrected chi connectivity index (χ1v) is 8.86. The van der Waals surface area contributed by atoms with Crippen LogP contribution in [0.1, 0.15) is 35.7 Å². The number of benzene rings is 2. The SMILES string of the molecule is CCCCOCc1cc(C(=O)Nc2cc(Cl)ccc2OC)ccc1OC. The Morgan fingerprint density at radius 2 is 1.81 bits per heavy atom. The number of unbranched alkanes of at least 4 members (excludes halogenated alkanes) is 1. The van der Waals surface area contributed by atoms with Crippen molar-refractivity contribution in [3.8, 4) is 11.5 Å². The minimum Gasteiger partial charge on any atom is -0.496 e. The molecule has 0 saturated carbocycles. The van der Waals surface area contributed by atoms with Gasteiger partial charge in [-0.15, -0.1) is 0 Å². The number of nitrogens with one attached hydrogen (secondary N) is 1. The summed E-state index contributed by atoms with van der Waals surface area (Å²) >= 11 is 6.01. The van der Waals surface area contributed by atoms with E-state index in [9.17, 15) is 4.79 Å². The Kier molecular flexibility index (Phi) is 7.75. The molecule has 0 aliphatic rings. The molecular formula is C20H24ClNO4. The monoisotopic (exact) mass is 377 g/mol. The Balaban J connectivity index is 2.17. The molecule has 2 aromatic rings. The lowest BCUT2D eigenvalue weighted by Gasteiger charge is -2.13. The zero-order valence-electron chi connectivity index (χ0n) is 15.3. The first kappa shape index (κ1) is 20.1. The lowest BCUT2D eigenvalue weighted by atomic mass is 10.1. The third kappa shape index (κ3) is 5.38. The zero-order valence-corrected chi connectivity index (χ0v) is 16.1. The molecule has 0 radical (unpaired) electrons. The lowest BCUT2D eigenvalue weighted by molar-refractivity contribution is 0.102. The fraction of sp³-hybridized carbons (Fsp3) is 0.350. The van der Waals surface area contributed by atoms with Gasteiger partial charge in [-0.05, 0) is 42.8 Å². The molecule has 0 heterocycles. The van der Waals surface area contributed by atoms with E-state index in [1.54, 1.807) is 43.5 Å². The molecule has 5 nitrogen and oxygen atoms in total. The fourth-order valence-electron chi connectivity index (χ4n) is 2.43. The van der Waals surface area contributed by atoms with Crippen LogP contribution in [0, 0.1) is 0 Å². The van der Waals surface area contributed by atoms with Gasteiger partial charge in [0.25, 0.3) is 5.91 Å². The van der Waals surface area contributed by atoms with E-state index in [1.807, 2.05) is 0 Å². The second-order valence-corrected chi connectivity index (χ2v) is 6.17. The minimum atomic E-state index is -0.261. The van der Waals surface area contributed by atoms with E-state index in [2.05, 4.69) is 12.2 Å². The molecule has 0 saturated heterocycles. The first-order valence-electron chi connectivity index (χ1n) is 8.48. The number of hydrogen-bond donors (Lipinski definition) is 1. The van der Waals surface area contributed by atoms with Crippen molar-refractivity contribution in [1.82, 2.24) is 0 Å². The summed E-state index contributed by atoms with van der Waals surface area (Å²) in [5.41, 5.74) is 1.85. The Bertz CT molecular complexity index is 749. The molecule has 26 heavy (non-hydrogen) atoms. The predicted molar refractivity (Wildman–Crippen MR) is 104 cm³/mol. The van der Waals surface area contributed by atoms with Crippen molar-refractivity contribution in [1.29, 1.82) is 0 Å². The molecule has 0 aromatic heterocycles. The Morgan fingerprint density at radius 3 is 2.50 bits per heavy atom. The maximum atomic E-state index is 12.6. The topological polar surface area (TPSA) is 56.8 Å². The number of halogens is 1. The molecule has 0 aliphatic carbocycles. The van der Waals surface area contributed by atoms with Gasteiger partial charge in [0, 0.05) is 22.8 Å². The van der Waals surface area contributed by atoms with Crippen molar-refractivity contribution in [2.45, 2.75) is 26.4 Å². The van der Waals surface area contributed by atoms with Crippen molar-refractivity contribution in [2.24, 2.45) is 0 Å². The Labute approximate surface area is 159 Å². The van der Waals surface area contributed by atoms with Gasteiger partial charge in [0.15, 0.2) is 0 Å². The van der Waals surface area contributed by atoms with Gasteiger partial charge in [-0.3, -0.25) is 4.79 Å². The number of amides is 1. The second kappa shape index (κ2) is 10.0. The van der Waals surface area contributed by atoms with Gasteiger partial charge in [0.2, 0.25) is 0 Å². The molecule has 0 unspecified atom stereocenters. The molecule has 2 rings (SSSR count). The molecule has 0 spiro atoms. The summed E-state index contributed by atoms with van der Waals surface area (Å²) in [5.74, 6) is 0.973. The zero-order chi connectivity index (χ0) is 18.9. The van der Waals surface area contributed by atoms with E-state index in [4.69, 9.17) is 25.8 Å². The van der Waals surface area contributed by atoms with Crippen LogP contribution < -0.4 is 14.8 Å². The van der Waals surface area contributed by atoms with Gasteiger partial charge in [0.05, 0.1) is 26.5 Å². The second-order valence-electron chi connectivity index (χ2n) is 5.73. The summed E-state index contributed by atoms with van der Waals surface area (Å²) in [6, 6.07) is 10.3. The largest absolute Gasteiger partial charge is 0.496 e. The highest BCUT2D eigenvalue weighted by molar-refractivity contribution is 6.31. The molecule has 0 fully saturated rings. The molecule has 0 aliphatic heterocycles. The van der Waals surface area contributed by atoms with Crippen LogP contribution in [0.25, 0.3) is 0 Å². The van der Waals surface area contributed by atoms with Crippen LogP contribution in [0.2, 0.25) is 5.02 Å². The molecular weight excluding hydrogens is 354 g/mol. The Morgan fingerprint density at radius 1 is 1.08 bits per heavy atom. The molecule has 0 bridgehead atoms. The molecule has 0 atom stereocenters. The van der Waals surface area contributed by atoms with Crippen molar-refractivity contribution in [3.63, 3.8) is 0 Å². The van der Waals surface area contributed by atoms with Crippen molar-refractivity contribution >= 4 is 23.2 Å². The van der Waals surface area contributed by atoms with E-state index >= 15 is 0 Å². The molecule has 1 N–H and O–H groups in total. The highest BCUT2D eigenvalue weighted by Gasteiger charge is 2.13. The van der Waals surface area contributed by atoms with Crippen LogP contribution in [0.5, 0.6) is 11.5 Å². The van der Waals surface area contributed by atoms with E-state index < -0.39 is 0 Å². The number of carbonyl (C=O) groups is 1. The summed E-state index contributed by atoms with van der Waals surface area (Å²) in [4.78, 5) is 12.6. The van der Waals surface area contributed by atoms with Crippen LogP contribution in [0.4, 0.5) is 5.69 Å². The molecule has 6 heteroatoms. The number of hydrogen-bond acceptors (Lipinski definition) is 4. The maximum Gasteiger partial charge on any atom is 0.255 e. The third-order valence-electron chi connectivity index (χ3n) is 3.85. The van der Waals surface area contributed by atoms with Crippen LogP contribution in [0.3, 0.4) is 0 Å². The quantitative estimate of drug-likeness (QED) is 0.630. The minimum absolute atomic E-state index is 0.261. The Hall–Kier alpha value is -2.24. The lowest BCUT2D eigenvalue weighted by Crippen LogP contribution is -2.13. The van der Waals surface area contributed by atoms with Gasteiger partial charge in [-0.25, -0.2) is 0 Å². The van der Waals surface area contributed by atoms with E-state index in [0.29, 0.717) is 41.0 Å². The maximum absolute atomic E-state index is 12.6. The standard InChI is InChI=1S/C20H24ClNO4/c1-4-5-10-26-13-15-11-14(6-8-18(15)24-2)20(23)22-17-12-16(21)7-9-19(17)25-3/h6-9,11-12H,4-5,10,13H2,1-3H3,(H,22,23). The summed E-state index contributed by atoms with van der Waals surface area (Å²) in [6.07, 6.45) is 2.07. The first-order chi connectivity index (χ1) is 12.6. The van der Waals surface area contributed by atoms with Crippen molar-refractivity contribution in [2.75, 3.05) is 26.1 Å². The summed E-state index contributed by atoms with van der Waals surface area (Å²) in [7, 11) is 3.14. The number of ether oxygens (including phenoxy) is 3. The van der Waals surface area contributed by atoms with E-state index in [0.717, 1.165) is 18.4 Å². The van der Waals surface area contributed by atoms with Crippen molar-refractivity contribution in [3.05, 3.63) is 52.5 Å². The smallest absolute Gasteiger partial charge is 0.255 e. The van der Waals surface area contributed by atoms with E-state index in [-0.39, 0.29) is 5.91 Å². The van der Waals surface area contributed by atoms with Crippen LogP contribution in [-0.4, -0.2) is 26.7 Å². The van der Waals surface area contributed by atoms with Crippen LogP contribution in [-0.2, 0) is 11.3 Å². The van der Waals surface area contributed by atoms with Crippen molar-refractivity contribution < 1.29 is 19.0 Å². The predicted octanol–water partition coefficient (Wildman–Crippen LogP) is 4.93. The number of methoxy groups -OCH3 is 2. The van der Waals surface area contributed by atoms with Gasteiger partial charge >= 0.3 is 0 Å². The number of rotatable bonds is 9.